The minimum absolute atomic E-state index is 0.283. The largest absolute Gasteiger partial charge is 0.471 e. The van der Waals surface area contributed by atoms with E-state index >= 15 is 0 Å². The van der Waals surface area contributed by atoms with E-state index in [1.54, 1.807) is 10.9 Å². The van der Waals surface area contributed by atoms with Crippen LogP contribution in [0.5, 0.6) is 0 Å². The van der Waals surface area contributed by atoms with Crippen molar-refractivity contribution in [2.75, 3.05) is 22.9 Å². The predicted octanol–water partition coefficient (Wildman–Crippen LogP) is 2.10. The first kappa shape index (κ1) is 20.3. The predicted molar refractivity (Wildman–Crippen MR) is 121 cm³/mol. The molecule has 166 valence electrons. The van der Waals surface area contributed by atoms with E-state index in [9.17, 15) is 9.90 Å². The molecule has 32 heavy (non-hydrogen) atoms. The van der Waals surface area contributed by atoms with E-state index in [0.717, 1.165) is 33.5 Å². The lowest BCUT2D eigenvalue weighted by Crippen LogP contribution is -2.38. The highest BCUT2D eigenvalue weighted by Gasteiger charge is 2.36. The maximum atomic E-state index is 12.4. The molecule has 2 aromatic heterocycles. The lowest BCUT2D eigenvalue weighted by Gasteiger charge is -2.36. The van der Waals surface area contributed by atoms with Crippen molar-refractivity contribution in [3.05, 3.63) is 59.9 Å². The molecular formula is C23H26N6O3. The summed E-state index contributed by atoms with van der Waals surface area (Å²) in [5, 5.41) is 15.5. The Hall–Kier alpha value is -3.59. The number of ether oxygens (including phenoxy) is 1. The van der Waals surface area contributed by atoms with E-state index in [-0.39, 0.29) is 11.8 Å². The lowest BCUT2D eigenvalue weighted by molar-refractivity contribution is -0.114. The number of hydrogen-bond acceptors (Lipinski definition) is 7. The number of carbonyl (C=O) groups excluding carboxylic acids is 1. The van der Waals surface area contributed by atoms with Gasteiger partial charge in [0.25, 0.3) is 5.91 Å². The lowest BCUT2D eigenvalue weighted by atomic mass is 10.0. The highest BCUT2D eigenvalue weighted by Crippen LogP contribution is 2.44. The van der Waals surface area contributed by atoms with Gasteiger partial charge in [-0.25, -0.2) is 0 Å². The average Bonchev–Trinajstić information content (AvgIpc) is 3.36. The third kappa shape index (κ3) is 3.54. The van der Waals surface area contributed by atoms with E-state index < -0.39 is 12.1 Å². The maximum absolute atomic E-state index is 12.4. The summed E-state index contributed by atoms with van der Waals surface area (Å²) >= 11 is 0. The quantitative estimate of drug-likeness (QED) is 0.647. The Bertz CT molecular complexity index is 1210. The van der Waals surface area contributed by atoms with Gasteiger partial charge in [-0.1, -0.05) is 0 Å². The number of aliphatic hydroxyl groups excluding tert-OH is 1. The highest BCUT2D eigenvalue weighted by molar-refractivity contribution is 6.00. The van der Waals surface area contributed by atoms with Crippen LogP contribution in [-0.4, -0.2) is 45.0 Å². The van der Waals surface area contributed by atoms with Crippen molar-refractivity contribution >= 4 is 28.2 Å². The van der Waals surface area contributed by atoms with Gasteiger partial charge in [-0.3, -0.25) is 19.4 Å². The molecule has 0 bridgehead atoms. The third-order valence-corrected chi connectivity index (χ3v) is 6.04. The maximum Gasteiger partial charge on any atom is 0.268 e. The smallest absolute Gasteiger partial charge is 0.268 e. The molecule has 9 nitrogen and oxygen atoms in total. The normalized spacial score (nSPS) is 19.3. The van der Waals surface area contributed by atoms with E-state index in [1.165, 1.54) is 6.26 Å². The van der Waals surface area contributed by atoms with Crippen LogP contribution in [0.25, 0.3) is 10.9 Å². The fourth-order valence-corrected chi connectivity index (χ4v) is 4.48. The molecule has 0 spiro atoms. The number of aryl methyl sites for hydroxylation is 2. The van der Waals surface area contributed by atoms with Crippen molar-refractivity contribution in [3.8, 4) is 0 Å². The Morgan fingerprint density at radius 2 is 2.00 bits per heavy atom. The number of piperidine rings is 1. The van der Waals surface area contributed by atoms with Gasteiger partial charge in [0.2, 0.25) is 6.23 Å². The third-order valence-electron chi connectivity index (χ3n) is 6.04. The summed E-state index contributed by atoms with van der Waals surface area (Å²) in [6.45, 7) is 3.32. The number of pyridine rings is 1. The fourth-order valence-electron chi connectivity index (χ4n) is 4.48. The minimum Gasteiger partial charge on any atom is -0.471 e. The summed E-state index contributed by atoms with van der Waals surface area (Å²) in [5.41, 5.74) is 10.4. The van der Waals surface area contributed by atoms with Gasteiger partial charge < -0.3 is 20.5 Å². The molecule has 3 N–H and O–H groups in total. The first-order chi connectivity index (χ1) is 15.4. The Balaban J connectivity index is 1.67. The van der Waals surface area contributed by atoms with Crippen LogP contribution in [0, 0.1) is 6.92 Å². The van der Waals surface area contributed by atoms with Crippen molar-refractivity contribution in [2.45, 2.75) is 32.1 Å². The minimum atomic E-state index is -0.565. The van der Waals surface area contributed by atoms with Gasteiger partial charge in [-0.2, -0.15) is 5.10 Å². The number of hydrogen-bond donors (Lipinski definition) is 2. The molecule has 1 unspecified atom stereocenters. The molecule has 4 heterocycles. The molecular weight excluding hydrogens is 408 g/mol. The molecule has 0 aliphatic carbocycles. The van der Waals surface area contributed by atoms with Crippen LogP contribution in [0.4, 0.5) is 11.4 Å². The molecule has 1 fully saturated rings. The summed E-state index contributed by atoms with van der Waals surface area (Å²) in [7, 11) is 1.88. The molecule has 9 heteroatoms. The average molecular weight is 435 g/mol. The standard InChI is InChI=1S/C23H26N6O3/c1-14-9-15(3-6-25-14)23-29(21(13-32-23)22(24)31)20-10-16-12-27(2)26-18(16)11-19(20)28-7-4-17(30)5-8-28/h3,6,9-13,17,23,30H,4-5,7-8H2,1-2H3,(H2,24,31). The van der Waals surface area contributed by atoms with Crippen LogP contribution >= 0.6 is 0 Å². The Morgan fingerprint density at radius 3 is 2.72 bits per heavy atom. The number of amides is 1. The summed E-state index contributed by atoms with van der Waals surface area (Å²) in [6, 6.07) is 7.88. The number of anilines is 2. The molecule has 1 aromatic carbocycles. The number of rotatable bonds is 4. The van der Waals surface area contributed by atoms with Gasteiger partial charge in [-0.05, 0) is 44.0 Å². The second kappa shape index (κ2) is 7.83. The molecule has 1 saturated heterocycles. The van der Waals surface area contributed by atoms with Crippen molar-refractivity contribution in [2.24, 2.45) is 12.8 Å². The topological polar surface area (TPSA) is 110 Å². The SMILES string of the molecule is Cc1cc(C2OC=C(C(N)=O)N2c2cc3cn(C)nc3cc2N2CCC(O)CC2)ccn1. The number of aromatic nitrogens is 3. The van der Waals surface area contributed by atoms with Gasteiger partial charge in [0.1, 0.15) is 12.0 Å². The first-order valence-electron chi connectivity index (χ1n) is 10.7. The van der Waals surface area contributed by atoms with Gasteiger partial charge in [-0.15, -0.1) is 0 Å². The number of aliphatic hydroxyl groups is 1. The van der Waals surface area contributed by atoms with Crippen LogP contribution in [0.3, 0.4) is 0 Å². The van der Waals surface area contributed by atoms with Gasteiger partial charge in [0.05, 0.1) is 23.0 Å². The second-order valence-corrected chi connectivity index (χ2v) is 8.38. The van der Waals surface area contributed by atoms with E-state index in [2.05, 4.69) is 15.0 Å². The molecule has 2 aliphatic rings. The zero-order valence-electron chi connectivity index (χ0n) is 18.1. The highest BCUT2D eigenvalue weighted by atomic mass is 16.5. The molecule has 0 radical (unpaired) electrons. The molecule has 3 aromatic rings. The Morgan fingerprint density at radius 1 is 1.22 bits per heavy atom. The Kier molecular flexibility index (Phi) is 4.97. The number of nitrogens with two attached hydrogens (primary N) is 1. The number of nitrogens with zero attached hydrogens (tertiary/aromatic N) is 5. The van der Waals surface area contributed by atoms with Crippen LogP contribution < -0.4 is 15.5 Å². The van der Waals surface area contributed by atoms with Crippen molar-refractivity contribution in [1.29, 1.82) is 0 Å². The molecule has 5 rings (SSSR count). The number of carbonyl (C=O) groups is 1. The Labute approximate surface area is 185 Å². The van der Waals surface area contributed by atoms with Crippen molar-refractivity contribution in [1.82, 2.24) is 14.8 Å². The van der Waals surface area contributed by atoms with Crippen LogP contribution in [-0.2, 0) is 16.6 Å². The number of primary amides is 1. The van der Waals surface area contributed by atoms with Crippen molar-refractivity contribution < 1.29 is 14.6 Å². The van der Waals surface area contributed by atoms with E-state index in [4.69, 9.17) is 10.5 Å². The fraction of sp³-hybridized carbons (Fsp3) is 0.348. The van der Waals surface area contributed by atoms with Gasteiger partial charge in [0.15, 0.2) is 0 Å². The zero-order valence-corrected chi connectivity index (χ0v) is 18.1. The monoisotopic (exact) mass is 434 g/mol. The van der Waals surface area contributed by atoms with E-state index in [1.807, 2.05) is 49.3 Å². The van der Waals surface area contributed by atoms with E-state index in [0.29, 0.717) is 25.9 Å². The van der Waals surface area contributed by atoms with Crippen LogP contribution in [0.15, 0.2) is 48.6 Å². The number of fused-ring (bicyclic) bond motifs is 1. The second-order valence-electron chi connectivity index (χ2n) is 8.38. The summed E-state index contributed by atoms with van der Waals surface area (Å²) in [6.07, 6.45) is 5.62. The number of benzene rings is 1. The van der Waals surface area contributed by atoms with Gasteiger partial charge in [0, 0.05) is 49.2 Å². The molecule has 1 atom stereocenters. The first-order valence-corrected chi connectivity index (χ1v) is 10.7. The van der Waals surface area contributed by atoms with Crippen LogP contribution in [0.2, 0.25) is 0 Å². The van der Waals surface area contributed by atoms with Gasteiger partial charge >= 0.3 is 0 Å². The molecule has 0 saturated carbocycles. The molecule has 2 aliphatic heterocycles. The molecule has 1 amide bonds. The summed E-state index contributed by atoms with van der Waals surface area (Å²) < 4.78 is 7.74. The van der Waals surface area contributed by atoms with Crippen LogP contribution in [0.1, 0.15) is 30.3 Å². The summed E-state index contributed by atoms with van der Waals surface area (Å²) in [4.78, 5) is 20.7. The zero-order chi connectivity index (χ0) is 22.4. The summed E-state index contributed by atoms with van der Waals surface area (Å²) in [5.74, 6) is -0.565. The van der Waals surface area contributed by atoms with Crippen molar-refractivity contribution in [3.63, 3.8) is 0 Å².